The van der Waals surface area contributed by atoms with Gasteiger partial charge in [-0.05, 0) is 38.1 Å². The Kier molecular flexibility index (Phi) is 3.01. The maximum absolute atomic E-state index is 13.6. The summed E-state index contributed by atoms with van der Waals surface area (Å²) in [5.41, 5.74) is 1.94. The molecule has 0 aliphatic carbocycles. The average Bonchev–Trinajstić information content (AvgIpc) is 2.20. The van der Waals surface area contributed by atoms with Crippen LogP contribution in [-0.4, -0.2) is 9.97 Å². The fraction of sp³-hybridized carbons (Fsp3) is 0.167. The Morgan fingerprint density at radius 3 is 2.56 bits per heavy atom. The summed E-state index contributed by atoms with van der Waals surface area (Å²) < 4.78 is 14.5. The molecule has 0 spiro atoms. The molecule has 0 saturated heterocycles. The number of hydrogen-bond donors (Lipinski definition) is 0. The highest BCUT2D eigenvalue weighted by Crippen LogP contribution is 2.25. The van der Waals surface area contributed by atoms with Gasteiger partial charge < -0.3 is 0 Å². The highest BCUT2D eigenvalue weighted by atomic mass is 79.9. The molecular weight excluding hydrogens is 271 g/mol. The third-order valence-electron chi connectivity index (χ3n) is 2.17. The second kappa shape index (κ2) is 4.29. The van der Waals surface area contributed by atoms with Crippen molar-refractivity contribution < 1.29 is 4.39 Å². The summed E-state index contributed by atoms with van der Waals surface area (Å²) in [7, 11) is 0. The first-order chi connectivity index (χ1) is 7.56. The van der Waals surface area contributed by atoms with Gasteiger partial charge in [0, 0.05) is 15.7 Å². The first-order valence-electron chi connectivity index (χ1n) is 4.84. The van der Waals surface area contributed by atoms with Crippen molar-refractivity contribution in [2.75, 3.05) is 0 Å². The highest BCUT2D eigenvalue weighted by molar-refractivity contribution is 9.10. The molecule has 2 nitrogen and oxygen atoms in total. The van der Waals surface area contributed by atoms with Crippen LogP contribution in [0.3, 0.4) is 0 Å². The molecular formula is C12H10BrFN2. The summed E-state index contributed by atoms with van der Waals surface area (Å²) in [6, 6.07) is 6.58. The number of aromatic nitrogens is 2. The molecule has 1 aromatic heterocycles. The number of aryl methyl sites for hydroxylation is 2. The van der Waals surface area contributed by atoms with Crippen LogP contribution in [0.15, 0.2) is 28.7 Å². The molecule has 2 rings (SSSR count). The van der Waals surface area contributed by atoms with Gasteiger partial charge in [0.1, 0.15) is 11.6 Å². The zero-order chi connectivity index (χ0) is 11.7. The van der Waals surface area contributed by atoms with Crippen molar-refractivity contribution >= 4 is 15.9 Å². The van der Waals surface area contributed by atoms with Crippen LogP contribution in [0.25, 0.3) is 11.3 Å². The third kappa shape index (κ3) is 2.27. The van der Waals surface area contributed by atoms with Gasteiger partial charge in [-0.1, -0.05) is 15.9 Å². The van der Waals surface area contributed by atoms with Crippen molar-refractivity contribution in [3.8, 4) is 11.3 Å². The molecule has 0 radical (unpaired) electrons. The van der Waals surface area contributed by atoms with Crippen molar-refractivity contribution in [3.05, 3.63) is 46.1 Å². The van der Waals surface area contributed by atoms with Gasteiger partial charge in [-0.15, -0.1) is 0 Å². The Hall–Kier alpha value is -1.29. The summed E-state index contributed by atoms with van der Waals surface area (Å²) in [4.78, 5) is 8.40. The van der Waals surface area contributed by atoms with Crippen molar-refractivity contribution in [2.45, 2.75) is 13.8 Å². The van der Waals surface area contributed by atoms with Crippen LogP contribution in [0.5, 0.6) is 0 Å². The van der Waals surface area contributed by atoms with Gasteiger partial charge >= 0.3 is 0 Å². The average molecular weight is 281 g/mol. The van der Waals surface area contributed by atoms with E-state index in [-0.39, 0.29) is 5.82 Å². The summed E-state index contributed by atoms with van der Waals surface area (Å²) in [6.07, 6.45) is 0. The van der Waals surface area contributed by atoms with Gasteiger partial charge in [-0.2, -0.15) is 0 Å². The summed E-state index contributed by atoms with van der Waals surface area (Å²) in [5, 5.41) is 0. The van der Waals surface area contributed by atoms with Crippen LogP contribution >= 0.6 is 15.9 Å². The van der Waals surface area contributed by atoms with E-state index < -0.39 is 0 Å². The van der Waals surface area contributed by atoms with Gasteiger partial charge in [0.15, 0.2) is 0 Å². The summed E-state index contributed by atoms with van der Waals surface area (Å²) in [5.74, 6) is 0.370. The second-order valence-corrected chi connectivity index (χ2v) is 4.48. The van der Waals surface area contributed by atoms with E-state index in [4.69, 9.17) is 0 Å². The molecule has 0 amide bonds. The Labute approximate surface area is 102 Å². The second-order valence-electron chi connectivity index (χ2n) is 3.57. The molecule has 0 unspecified atom stereocenters. The molecule has 16 heavy (non-hydrogen) atoms. The molecule has 0 aliphatic rings. The van der Waals surface area contributed by atoms with E-state index in [9.17, 15) is 4.39 Å². The topological polar surface area (TPSA) is 25.8 Å². The van der Waals surface area contributed by atoms with Crippen LogP contribution in [0.4, 0.5) is 4.39 Å². The van der Waals surface area contributed by atoms with Gasteiger partial charge in [0.2, 0.25) is 0 Å². The molecule has 0 fully saturated rings. The Bertz CT molecular complexity index is 520. The molecule has 4 heteroatoms. The predicted octanol–water partition coefficient (Wildman–Crippen LogP) is 3.66. The van der Waals surface area contributed by atoms with Crippen molar-refractivity contribution in [3.63, 3.8) is 0 Å². The summed E-state index contributed by atoms with van der Waals surface area (Å²) >= 11 is 3.32. The highest BCUT2D eigenvalue weighted by Gasteiger charge is 2.08. The number of rotatable bonds is 1. The van der Waals surface area contributed by atoms with Crippen LogP contribution in [-0.2, 0) is 0 Å². The third-order valence-corrected chi connectivity index (χ3v) is 2.66. The van der Waals surface area contributed by atoms with Crippen LogP contribution in [0.2, 0.25) is 0 Å². The van der Waals surface area contributed by atoms with Crippen LogP contribution in [0, 0.1) is 19.7 Å². The van der Waals surface area contributed by atoms with E-state index in [1.165, 1.54) is 6.07 Å². The molecule has 0 bridgehead atoms. The molecule has 2 aromatic rings. The van der Waals surface area contributed by atoms with Gasteiger partial charge in [0.25, 0.3) is 0 Å². The molecule has 82 valence electrons. The maximum Gasteiger partial charge on any atom is 0.132 e. The minimum absolute atomic E-state index is 0.277. The Morgan fingerprint density at radius 1 is 1.12 bits per heavy atom. The smallest absolute Gasteiger partial charge is 0.132 e. The van der Waals surface area contributed by atoms with E-state index in [1.54, 1.807) is 25.1 Å². The standard InChI is InChI=1S/C12H10BrFN2/c1-7-5-12(16-8(2)15-7)10-6-9(13)3-4-11(10)14/h3-6H,1-2H3. The summed E-state index contributed by atoms with van der Waals surface area (Å²) in [6.45, 7) is 3.67. The molecule has 0 atom stereocenters. The molecule has 0 aliphatic heterocycles. The quantitative estimate of drug-likeness (QED) is 0.797. The number of hydrogen-bond acceptors (Lipinski definition) is 2. The van der Waals surface area contributed by atoms with Crippen molar-refractivity contribution in [1.29, 1.82) is 0 Å². The fourth-order valence-corrected chi connectivity index (χ4v) is 1.91. The van der Waals surface area contributed by atoms with Crippen molar-refractivity contribution in [2.24, 2.45) is 0 Å². The minimum Gasteiger partial charge on any atom is -0.239 e. The van der Waals surface area contributed by atoms with Gasteiger partial charge in [0.05, 0.1) is 5.69 Å². The first kappa shape index (κ1) is 11.2. The molecule has 0 N–H and O–H groups in total. The lowest BCUT2D eigenvalue weighted by molar-refractivity contribution is 0.630. The molecule has 1 aromatic carbocycles. The number of nitrogens with zero attached hydrogens (tertiary/aromatic N) is 2. The number of halogens is 2. The normalized spacial score (nSPS) is 10.5. The maximum atomic E-state index is 13.6. The molecule has 1 heterocycles. The lowest BCUT2D eigenvalue weighted by Gasteiger charge is -2.05. The zero-order valence-corrected chi connectivity index (χ0v) is 10.5. The van der Waals surface area contributed by atoms with E-state index in [1.807, 2.05) is 6.92 Å². The zero-order valence-electron chi connectivity index (χ0n) is 8.96. The van der Waals surface area contributed by atoms with Gasteiger partial charge in [-0.25, -0.2) is 14.4 Å². The lowest BCUT2D eigenvalue weighted by atomic mass is 10.1. The van der Waals surface area contributed by atoms with E-state index >= 15 is 0 Å². The Balaban J connectivity index is 2.62. The van der Waals surface area contributed by atoms with E-state index in [0.717, 1.165) is 10.2 Å². The monoisotopic (exact) mass is 280 g/mol. The van der Waals surface area contributed by atoms with Crippen LogP contribution < -0.4 is 0 Å². The Morgan fingerprint density at radius 2 is 1.88 bits per heavy atom. The first-order valence-corrected chi connectivity index (χ1v) is 5.63. The minimum atomic E-state index is -0.277. The van der Waals surface area contributed by atoms with E-state index in [0.29, 0.717) is 17.1 Å². The molecule has 0 saturated carbocycles. The fourth-order valence-electron chi connectivity index (χ4n) is 1.55. The largest absolute Gasteiger partial charge is 0.239 e. The van der Waals surface area contributed by atoms with Crippen molar-refractivity contribution in [1.82, 2.24) is 9.97 Å². The number of benzene rings is 1. The SMILES string of the molecule is Cc1cc(-c2cc(Br)ccc2F)nc(C)n1. The van der Waals surface area contributed by atoms with Crippen LogP contribution in [0.1, 0.15) is 11.5 Å². The van der Waals surface area contributed by atoms with E-state index in [2.05, 4.69) is 25.9 Å². The predicted molar refractivity (Wildman–Crippen MR) is 64.6 cm³/mol. The van der Waals surface area contributed by atoms with Gasteiger partial charge in [-0.3, -0.25) is 0 Å². The lowest BCUT2D eigenvalue weighted by Crippen LogP contribution is -1.95.